The zero-order valence-electron chi connectivity index (χ0n) is 17.0. The Morgan fingerprint density at radius 3 is 2.71 bits per heavy atom. The third kappa shape index (κ3) is 5.39. The van der Waals surface area contributed by atoms with Crippen LogP contribution in [0.3, 0.4) is 0 Å². The van der Waals surface area contributed by atoms with E-state index >= 15 is 0 Å². The standard InChI is InChI=1S/C22H21BrN4O4/c1-4-15(11-18(29-2)19(13-28)30-3)26-21-16(23)12-25-22(27-21)31-17-9-5-7-14-8-6-10-24-20(14)17/h4-12,28H,1,13H2,2-3H3,(H,25,26,27)/b15-11+,19-18-. The number of nitrogens with zero attached hydrogens (tertiary/aromatic N) is 3. The number of aromatic nitrogens is 3. The normalized spacial score (nSPS) is 12.2. The van der Waals surface area contributed by atoms with Gasteiger partial charge in [0.05, 0.1) is 24.9 Å². The Bertz CT molecular complexity index is 1140. The second-order valence-electron chi connectivity index (χ2n) is 6.07. The SMILES string of the molecule is C=C/C(=C\C(OC)=C(/CO)OC)Nc1nc(Oc2cccc3cccnc23)ncc1Br. The lowest BCUT2D eigenvalue weighted by Crippen LogP contribution is -2.05. The summed E-state index contributed by atoms with van der Waals surface area (Å²) in [5, 5.41) is 13.5. The number of allylic oxidation sites excluding steroid dienone is 2. The second-order valence-corrected chi connectivity index (χ2v) is 6.92. The summed E-state index contributed by atoms with van der Waals surface area (Å²) in [5.41, 5.74) is 1.26. The first-order chi connectivity index (χ1) is 15.1. The van der Waals surface area contributed by atoms with Crippen molar-refractivity contribution in [3.8, 4) is 11.8 Å². The quantitative estimate of drug-likeness (QED) is 0.336. The van der Waals surface area contributed by atoms with Crippen LogP contribution in [-0.2, 0) is 9.47 Å². The van der Waals surface area contributed by atoms with Crippen molar-refractivity contribution in [2.45, 2.75) is 0 Å². The maximum absolute atomic E-state index is 9.41. The van der Waals surface area contributed by atoms with E-state index in [1.54, 1.807) is 30.6 Å². The van der Waals surface area contributed by atoms with Crippen LogP contribution in [0.4, 0.5) is 5.82 Å². The number of aliphatic hydroxyl groups is 1. The Morgan fingerprint density at radius 1 is 1.19 bits per heavy atom. The number of hydrogen-bond donors (Lipinski definition) is 2. The van der Waals surface area contributed by atoms with Crippen LogP contribution in [0.5, 0.6) is 11.8 Å². The van der Waals surface area contributed by atoms with E-state index in [0.717, 1.165) is 5.39 Å². The molecular formula is C22H21BrN4O4. The van der Waals surface area contributed by atoms with Gasteiger partial charge in [0.2, 0.25) is 0 Å². The van der Waals surface area contributed by atoms with E-state index in [1.807, 2.05) is 24.3 Å². The maximum Gasteiger partial charge on any atom is 0.324 e. The number of hydrogen-bond acceptors (Lipinski definition) is 8. The monoisotopic (exact) mass is 484 g/mol. The van der Waals surface area contributed by atoms with E-state index in [9.17, 15) is 5.11 Å². The van der Waals surface area contributed by atoms with Crippen molar-refractivity contribution in [1.82, 2.24) is 15.0 Å². The van der Waals surface area contributed by atoms with Crippen molar-refractivity contribution in [2.75, 3.05) is 26.1 Å². The van der Waals surface area contributed by atoms with Crippen LogP contribution in [0.15, 0.2) is 83.1 Å². The number of rotatable bonds is 9. The summed E-state index contributed by atoms with van der Waals surface area (Å²) in [6.45, 7) is 3.49. The van der Waals surface area contributed by atoms with Crippen molar-refractivity contribution in [3.63, 3.8) is 0 Å². The molecule has 3 rings (SSSR count). The van der Waals surface area contributed by atoms with Crippen molar-refractivity contribution >= 4 is 32.7 Å². The molecule has 1 aromatic carbocycles. The van der Waals surface area contributed by atoms with Crippen LogP contribution in [-0.4, -0.2) is 40.9 Å². The molecule has 0 radical (unpaired) electrons. The summed E-state index contributed by atoms with van der Waals surface area (Å²) in [6.07, 6.45) is 6.48. The maximum atomic E-state index is 9.41. The minimum Gasteiger partial charge on any atom is -0.495 e. The van der Waals surface area contributed by atoms with E-state index in [1.165, 1.54) is 14.2 Å². The summed E-state index contributed by atoms with van der Waals surface area (Å²) in [4.78, 5) is 13.0. The Hall–Kier alpha value is -3.43. The van der Waals surface area contributed by atoms with Gasteiger partial charge < -0.3 is 24.6 Å². The fourth-order valence-electron chi connectivity index (χ4n) is 2.67. The molecule has 0 aliphatic carbocycles. The molecule has 3 aromatic rings. The highest BCUT2D eigenvalue weighted by atomic mass is 79.9. The first kappa shape index (κ1) is 22.3. The summed E-state index contributed by atoms with van der Waals surface area (Å²) >= 11 is 3.43. The number of methoxy groups -OCH3 is 2. The zero-order valence-corrected chi connectivity index (χ0v) is 18.6. The topological polar surface area (TPSA) is 98.6 Å². The first-order valence-corrected chi connectivity index (χ1v) is 9.96. The predicted octanol–water partition coefficient (Wildman–Crippen LogP) is 4.56. The molecule has 160 valence electrons. The molecular weight excluding hydrogens is 464 g/mol. The summed E-state index contributed by atoms with van der Waals surface area (Å²) in [5.74, 6) is 1.61. The molecule has 0 aliphatic heterocycles. The summed E-state index contributed by atoms with van der Waals surface area (Å²) in [6, 6.07) is 9.59. The largest absolute Gasteiger partial charge is 0.495 e. The second kappa shape index (κ2) is 10.6. The highest BCUT2D eigenvalue weighted by molar-refractivity contribution is 9.10. The van der Waals surface area contributed by atoms with Crippen molar-refractivity contribution in [1.29, 1.82) is 0 Å². The van der Waals surface area contributed by atoms with Gasteiger partial charge in [0.1, 0.15) is 12.1 Å². The van der Waals surface area contributed by atoms with Gasteiger partial charge in [0, 0.05) is 23.4 Å². The van der Waals surface area contributed by atoms with Crippen molar-refractivity contribution in [3.05, 3.63) is 83.1 Å². The number of benzene rings is 1. The number of pyridine rings is 1. The fraction of sp³-hybridized carbons (Fsp3) is 0.136. The third-order valence-corrected chi connectivity index (χ3v) is 4.75. The van der Waals surface area contributed by atoms with Gasteiger partial charge in [-0.15, -0.1) is 0 Å². The smallest absolute Gasteiger partial charge is 0.324 e. The molecule has 0 aliphatic rings. The highest BCUT2D eigenvalue weighted by Crippen LogP contribution is 2.29. The number of halogens is 1. The minimum absolute atomic E-state index is 0.141. The van der Waals surface area contributed by atoms with E-state index < -0.39 is 0 Å². The van der Waals surface area contributed by atoms with Crippen LogP contribution in [0.1, 0.15) is 0 Å². The van der Waals surface area contributed by atoms with Crippen LogP contribution < -0.4 is 10.1 Å². The molecule has 0 fully saturated rings. The molecule has 0 amide bonds. The van der Waals surface area contributed by atoms with E-state index in [4.69, 9.17) is 14.2 Å². The van der Waals surface area contributed by atoms with Gasteiger partial charge in [0.15, 0.2) is 23.1 Å². The molecule has 0 saturated heterocycles. The Kier molecular flexibility index (Phi) is 7.58. The van der Waals surface area contributed by atoms with Gasteiger partial charge in [-0.05, 0) is 34.1 Å². The van der Waals surface area contributed by atoms with Gasteiger partial charge in [-0.25, -0.2) is 4.98 Å². The number of aliphatic hydroxyl groups excluding tert-OH is 1. The van der Waals surface area contributed by atoms with E-state index in [0.29, 0.717) is 33.0 Å². The van der Waals surface area contributed by atoms with Gasteiger partial charge in [-0.3, -0.25) is 4.98 Å². The Morgan fingerprint density at radius 2 is 2.00 bits per heavy atom. The van der Waals surface area contributed by atoms with Crippen LogP contribution >= 0.6 is 15.9 Å². The minimum atomic E-state index is -0.311. The first-order valence-electron chi connectivity index (χ1n) is 9.16. The number of ether oxygens (including phenoxy) is 3. The molecule has 2 aromatic heterocycles. The highest BCUT2D eigenvalue weighted by Gasteiger charge is 2.12. The van der Waals surface area contributed by atoms with Crippen LogP contribution in [0.25, 0.3) is 10.9 Å². The summed E-state index contributed by atoms with van der Waals surface area (Å²) in [7, 11) is 2.93. The van der Waals surface area contributed by atoms with Crippen molar-refractivity contribution < 1.29 is 19.3 Å². The molecule has 31 heavy (non-hydrogen) atoms. The third-order valence-electron chi connectivity index (χ3n) is 4.17. The zero-order chi connectivity index (χ0) is 22.2. The van der Waals surface area contributed by atoms with Crippen molar-refractivity contribution in [2.24, 2.45) is 0 Å². The molecule has 0 bridgehead atoms. The van der Waals surface area contributed by atoms with E-state index in [2.05, 4.69) is 42.8 Å². The molecule has 2 heterocycles. The molecule has 2 N–H and O–H groups in total. The molecule has 0 unspecified atom stereocenters. The predicted molar refractivity (Wildman–Crippen MR) is 122 cm³/mol. The number of nitrogens with one attached hydrogen (secondary N) is 1. The average molecular weight is 485 g/mol. The number of fused-ring (bicyclic) bond motifs is 1. The Labute approximate surface area is 188 Å². The fourth-order valence-corrected chi connectivity index (χ4v) is 2.96. The lowest BCUT2D eigenvalue weighted by atomic mass is 10.2. The lowest BCUT2D eigenvalue weighted by molar-refractivity contribution is 0.176. The average Bonchev–Trinajstić information content (AvgIpc) is 2.80. The van der Waals surface area contributed by atoms with Crippen LogP contribution in [0.2, 0.25) is 0 Å². The molecule has 0 saturated carbocycles. The summed E-state index contributed by atoms with van der Waals surface area (Å²) < 4.78 is 16.9. The molecule has 0 atom stereocenters. The number of anilines is 1. The van der Waals surface area contributed by atoms with Crippen LogP contribution in [0, 0.1) is 0 Å². The molecule has 0 spiro atoms. The van der Waals surface area contributed by atoms with Gasteiger partial charge in [-0.1, -0.05) is 24.8 Å². The number of para-hydroxylation sites is 1. The van der Waals surface area contributed by atoms with Gasteiger partial charge >= 0.3 is 6.01 Å². The molecule has 8 nitrogen and oxygen atoms in total. The lowest BCUT2D eigenvalue weighted by Gasteiger charge is -2.13. The van der Waals surface area contributed by atoms with Gasteiger partial charge in [-0.2, -0.15) is 4.98 Å². The van der Waals surface area contributed by atoms with E-state index in [-0.39, 0.29) is 18.4 Å². The Balaban J connectivity index is 1.91. The van der Waals surface area contributed by atoms with Gasteiger partial charge in [0.25, 0.3) is 0 Å². The molecule has 9 heteroatoms.